The fourth-order valence-corrected chi connectivity index (χ4v) is 5.27. The van der Waals surface area contributed by atoms with Gasteiger partial charge in [0.05, 0.1) is 5.56 Å². The number of anilines is 1. The predicted molar refractivity (Wildman–Crippen MR) is 97.6 cm³/mol. The summed E-state index contributed by atoms with van der Waals surface area (Å²) >= 11 is 3.50. The van der Waals surface area contributed by atoms with Crippen molar-refractivity contribution in [1.29, 1.82) is 0 Å². The van der Waals surface area contributed by atoms with E-state index in [1.807, 2.05) is 0 Å². The van der Waals surface area contributed by atoms with Gasteiger partial charge in [-0.25, -0.2) is 0 Å². The number of thiophene rings is 1. The third kappa shape index (κ3) is 2.66. The number of fused-ring (bicyclic) bond motifs is 3. The maximum atomic E-state index is 12.7. The van der Waals surface area contributed by atoms with Crippen LogP contribution < -0.4 is 10.6 Å². The second kappa shape index (κ2) is 5.87. The molecule has 120 valence electrons. The molecule has 2 atom stereocenters. The number of hydrogen-bond donors (Lipinski definition) is 2. The average Bonchev–Trinajstić information content (AvgIpc) is 2.92. The minimum atomic E-state index is -0.136. The first-order valence-corrected chi connectivity index (χ1v) is 10.1. The second-order valence-corrected chi connectivity index (χ2v) is 8.36. The molecule has 0 fully saturated rings. The molecule has 2 aliphatic rings. The van der Waals surface area contributed by atoms with E-state index >= 15 is 0 Å². The highest BCUT2D eigenvalue weighted by atomic mass is 32.2. The lowest BCUT2D eigenvalue weighted by Gasteiger charge is -2.27. The molecule has 1 aromatic carbocycles. The van der Waals surface area contributed by atoms with E-state index < -0.39 is 0 Å². The van der Waals surface area contributed by atoms with Crippen LogP contribution in [0, 0.1) is 5.92 Å². The summed E-state index contributed by atoms with van der Waals surface area (Å²) in [6, 6.07) is 8.38. The molecule has 2 aromatic rings. The van der Waals surface area contributed by atoms with E-state index in [-0.39, 0.29) is 12.1 Å². The molecule has 23 heavy (non-hydrogen) atoms. The van der Waals surface area contributed by atoms with Gasteiger partial charge >= 0.3 is 0 Å². The smallest absolute Gasteiger partial charge is 0.256 e. The molecule has 4 rings (SSSR count). The van der Waals surface area contributed by atoms with Gasteiger partial charge in [0, 0.05) is 9.77 Å². The van der Waals surface area contributed by atoms with Crippen molar-refractivity contribution in [3.63, 3.8) is 0 Å². The molecular formula is C18H20N2OS2. The van der Waals surface area contributed by atoms with E-state index in [9.17, 15) is 4.79 Å². The lowest BCUT2D eigenvalue weighted by atomic mass is 9.88. The summed E-state index contributed by atoms with van der Waals surface area (Å²) in [7, 11) is 0. The summed E-state index contributed by atoms with van der Waals surface area (Å²) in [5.74, 6) is 0.797. The number of thioether (sulfide) groups is 1. The molecule has 1 aliphatic heterocycles. The minimum absolute atomic E-state index is 0.0738. The molecule has 2 N–H and O–H groups in total. The van der Waals surface area contributed by atoms with E-state index in [0.29, 0.717) is 0 Å². The first-order chi connectivity index (χ1) is 11.2. The van der Waals surface area contributed by atoms with Crippen LogP contribution in [0.2, 0.25) is 0 Å². The lowest BCUT2D eigenvalue weighted by Crippen LogP contribution is -2.38. The minimum Gasteiger partial charge on any atom is -0.353 e. The Labute approximate surface area is 144 Å². The highest BCUT2D eigenvalue weighted by molar-refractivity contribution is 7.98. The molecule has 0 radical (unpaired) electrons. The molecule has 5 heteroatoms. The molecule has 2 heterocycles. The first kappa shape index (κ1) is 15.1. The van der Waals surface area contributed by atoms with Gasteiger partial charge in [-0.05, 0) is 54.7 Å². The second-order valence-electron chi connectivity index (χ2n) is 6.38. The van der Waals surface area contributed by atoms with Gasteiger partial charge in [0.1, 0.15) is 11.2 Å². The van der Waals surface area contributed by atoms with E-state index in [4.69, 9.17) is 0 Å². The molecule has 3 nitrogen and oxygen atoms in total. The van der Waals surface area contributed by atoms with Gasteiger partial charge in [0.25, 0.3) is 5.91 Å². The summed E-state index contributed by atoms with van der Waals surface area (Å²) in [5, 5.41) is 7.70. The number of hydrogen-bond acceptors (Lipinski definition) is 4. The SMILES string of the molecule is CSc1ccc([C@H]2NC(=O)c3c(sc4c3CC[C@@H](C)C4)N2)cc1. The van der Waals surface area contributed by atoms with Crippen molar-refractivity contribution in [2.24, 2.45) is 5.92 Å². The van der Waals surface area contributed by atoms with Gasteiger partial charge in [-0.15, -0.1) is 23.1 Å². The highest BCUT2D eigenvalue weighted by Gasteiger charge is 2.32. The zero-order valence-corrected chi connectivity index (χ0v) is 14.9. The summed E-state index contributed by atoms with van der Waals surface area (Å²) in [6.07, 6.45) is 5.25. The number of rotatable bonds is 2. The first-order valence-electron chi connectivity index (χ1n) is 8.01. The number of carbonyl (C=O) groups is 1. The maximum Gasteiger partial charge on any atom is 0.256 e. The highest BCUT2D eigenvalue weighted by Crippen LogP contribution is 2.42. The van der Waals surface area contributed by atoms with Crippen LogP contribution in [-0.4, -0.2) is 12.2 Å². The number of amides is 1. The summed E-state index contributed by atoms with van der Waals surface area (Å²) in [6.45, 7) is 2.30. The van der Waals surface area contributed by atoms with Crippen molar-refractivity contribution >= 4 is 34.0 Å². The normalized spacial score (nSPS) is 22.8. The third-order valence-corrected chi connectivity index (χ3v) is 6.67. The fourth-order valence-electron chi connectivity index (χ4n) is 3.43. The van der Waals surface area contributed by atoms with Crippen LogP contribution in [0.5, 0.6) is 0 Å². The average molecular weight is 345 g/mol. The molecule has 1 aliphatic carbocycles. The van der Waals surface area contributed by atoms with Crippen molar-refractivity contribution in [2.75, 3.05) is 11.6 Å². The number of carbonyl (C=O) groups excluding carboxylic acids is 1. The Balaban J connectivity index is 1.65. The summed E-state index contributed by atoms with van der Waals surface area (Å²) in [5.41, 5.74) is 3.28. The van der Waals surface area contributed by atoms with Gasteiger partial charge in [0.15, 0.2) is 0 Å². The van der Waals surface area contributed by atoms with Crippen LogP contribution in [-0.2, 0) is 12.8 Å². The predicted octanol–water partition coefficient (Wildman–Crippen LogP) is 4.45. The number of nitrogens with one attached hydrogen (secondary N) is 2. The molecule has 0 unspecified atom stereocenters. The quantitative estimate of drug-likeness (QED) is 0.791. The van der Waals surface area contributed by atoms with Crippen molar-refractivity contribution in [2.45, 2.75) is 37.2 Å². The Kier molecular flexibility index (Phi) is 3.85. The van der Waals surface area contributed by atoms with Crippen LogP contribution >= 0.6 is 23.1 Å². The van der Waals surface area contributed by atoms with E-state index in [0.717, 1.165) is 34.9 Å². The summed E-state index contributed by atoms with van der Waals surface area (Å²) in [4.78, 5) is 15.3. The van der Waals surface area contributed by atoms with Crippen LogP contribution in [0.3, 0.4) is 0 Å². The van der Waals surface area contributed by atoms with Gasteiger partial charge in [-0.1, -0.05) is 19.1 Å². The maximum absolute atomic E-state index is 12.7. The van der Waals surface area contributed by atoms with Gasteiger partial charge in [-0.3, -0.25) is 4.79 Å². The Hall–Kier alpha value is -1.46. The van der Waals surface area contributed by atoms with Crippen LogP contribution in [0.4, 0.5) is 5.00 Å². The summed E-state index contributed by atoms with van der Waals surface area (Å²) < 4.78 is 0. The van der Waals surface area contributed by atoms with Crippen LogP contribution in [0.1, 0.15) is 45.9 Å². The Bertz CT molecular complexity index is 751. The topological polar surface area (TPSA) is 41.1 Å². The third-order valence-electron chi connectivity index (χ3n) is 4.74. The van der Waals surface area contributed by atoms with E-state index in [1.54, 1.807) is 23.1 Å². The van der Waals surface area contributed by atoms with Crippen molar-refractivity contribution in [3.05, 3.63) is 45.8 Å². The largest absolute Gasteiger partial charge is 0.353 e. The Morgan fingerprint density at radius 1 is 1.22 bits per heavy atom. The zero-order chi connectivity index (χ0) is 16.0. The zero-order valence-electron chi connectivity index (χ0n) is 13.3. The Morgan fingerprint density at radius 3 is 2.74 bits per heavy atom. The molecular weight excluding hydrogens is 324 g/mol. The molecule has 0 bridgehead atoms. The van der Waals surface area contributed by atoms with Crippen molar-refractivity contribution in [3.8, 4) is 0 Å². The van der Waals surface area contributed by atoms with Gasteiger partial charge < -0.3 is 10.6 Å². The molecule has 1 aromatic heterocycles. The van der Waals surface area contributed by atoms with Crippen LogP contribution in [0.25, 0.3) is 0 Å². The molecule has 0 saturated carbocycles. The van der Waals surface area contributed by atoms with E-state index in [1.165, 1.54) is 21.8 Å². The monoisotopic (exact) mass is 344 g/mol. The Morgan fingerprint density at radius 2 is 2.00 bits per heavy atom. The van der Waals surface area contributed by atoms with Crippen LogP contribution in [0.15, 0.2) is 29.2 Å². The molecule has 0 saturated heterocycles. The fraction of sp³-hybridized carbons (Fsp3) is 0.389. The van der Waals surface area contributed by atoms with Crippen molar-refractivity contribution < 1.29 is 4.79 Å². The molecule has 1 amide bonds. The van der Waals surface area contributed by atoms with E-state index in [2.05, 4.69) is 48.1 Å². The lowest BCUT2D eigenvalue weighted by molar-refractivity contribution is 0.0935. The molecule has 0 spiro atoms. The standard InChI is InChI=1S/C18H20N2OS2/c1-10-3-8-13-14(9-10)23-18-15(13)17(21)19-16(20-18)11-4-6-12(22-2)7-5-11/h4-7,10,16,20H,3,8-9H2,1-2H3,(H,19,21)/t10-,16+/m1/s1. The van der Waals surface area contributed by atoms with Gasteiger partial charge in [-0.2, -0.15) is 0 Å². The van der Waals surface area contributed by atoms with Gasteiger partial charge in [0.2, 0.25) is 0 Å². The number of benzene rings is 1. The van der Waals surface area contributed by atoms with Crippen molar-refractivity contribution in [1.82, 2.24) is 5.32 Å².